The number of rotatable bonds is 7. The SMILES string of the molecule is COc1cccc(/C=C/C(=O)OCc2ccc([N+](=O)[O-])cc2)c1OC. The zero-order valence-corrected chi connectivity index (χ0v) is 13.8. The Morgan fingerprint density at radius 3 is 2.44 bits per heavy atom. The van der Waals surface area contributed by atoms with Crippen LogP contribution < -0.4 is 9.47 Å². The number of para-hydroxylation sites is 1. The first-order valence-corrected chi connectivity index (χ1v) is 7.34. The largest absolute Gasteiger partial charge is 0.493 e. The van der Waals surface area contributed by atoms with E-state index < -0.39 is 10.9 Å². The molecule has 0 fully saturated rings. The molecule has 0 radical (unpaired) electrons. The quantitative estimate of drug-likeness (QED) is 0.331. The van der Waals surface area contributed by atoms with Gasteiger partial charge in [-0.05, 0) is 29.8 Å². The minimum atomic E-state index is -0.539. The standard InChI is InChI=1S/C18H17NO6/c1-23-16-5-3-4-14(18(16)24-2)8-11-17(20)25-12-13-6-9-15(10-7-13)19(21)22/h3-11H,12H2,1-2H3/b11-8+. The van der Waals surface area contributed by atoms with Crippen molar-refractivity contribution in [3.05, 3.63) is 69.8 Å². The molecule has 0 aliphatic carbocycles. The molecule has 0 unspecified atom stereocenters. The molecule has 0 aromatic heterocycles. The minimum absolute atomic E-state index is 0.0138. The Labute approximate surface area is 144 Å². The van der Waals surface area contributed by atoms with Gasteiger partial charge in [-0.2, -0.15) is 0 Å². The van der Waals surface area contributed by atoms with Crippen molar-refractivity contribution in [2.75, 3.05) is 14.2 Å². The van der Waals surface area contributed by atoms with Gasteiger partial charge in [-0.25, -0.2) is 4.79 Å². The van der Waals surface area contributed by atoms with Crippen LogP contribution in [-0.2, 0) is 16.1 Å². The Balaban J connectivity index is 1.98. The van der Waals surface area contributed by atoms with Crippen molar-refractivity contribution in [2.45, 2.75) is 6.61 Å². The van der Waals surface area contributed by atoms with E-state index in [0.29, 0.717) is 22.6 Å². The summed E-state index contributed by atoms with van der Waals surface area (Å²) in [6.07, 6.45) is 2.85. The number of carbonyl (C=O) groups is 1. The van der Waals surface area contributed by atoms with Gasteiger partial charge in [0.2, 0.25) is 0 Å². The van der Waals surface area contributed by atoms with E-state index in [1.807, 2.05) is 0 Å². The number of esters is 1. The number of nitro groups is 1. The van der Waals surface area contributed by atoms with E-state index in [-0.39, 0.29) is 12.3 Å². The predicted molar refractivity (Wildman–Crippen MR) is 91.5 cm³/mol. The summed E-state index contributed by atoms with van der Waals surface area (Å²) in [6, 6.07) is 11.1. The number of methoxy groups -OCH3 is 2. The Kier molecular flexibility index (Phi) is 6.11. The highest BCUT2D eigenvalue weighted by atomic mass is 16.6. The summed E-state index contributed by atoms with van der Waals surface area (Å²) in [5, 5.41) is 10.6. The van der Waals surface area contributed by atoms with Crippen LogP contribution >= 0.6 is 0 Å². The molecule has 0 heterocycles. The summed E-state index contributed by atoms with van der Waals surface area (Å²) in [7, 11) is 3.05. The highest BCUT2D eigenvalue weighted by molar-refractivity contribution is 5.87. The molecule has 7 nitrogen and oxygen atoms in total. The van der Waals surface area contributed by atoms with Gasteiger partial charge in [0.25, 0.3) is 5.69 Å². The van der Waals surface area contributed by atoms with Gasteiger partial charge in [-0.3, -0.25) is 10.1 Å². The third kappa shape index (κ3) is 4.81. The van der Waals surface area contributed by atoms with E-state index in [1.54, 1.807) is 36.4 Å². The van der Waals surface area contributed by atoms with Crippen molar-refractivity contribution >= 4 is 17.7 Å². The molecular formula is C18H17NO6. The lowest BCUT2D eigenvalue weighted by Gasteiger charge is -2.09. The number of hydrogen-bond donors (Lipinski definition) is 0. The number of nitrogens with zero attached hydrogens (tertiary/aromatic N) is 1. The molecule has 2 rings (SSSR count). The normalized spacial score (nSPS) is 10.5. The summed E-state index contributed by atoms with van der Waals surface area (Å²) < 4.78 is 15.6. The molecule has 2 aromatic rings. The number of ether oxygens (including phenoxy) is 3. The molecule has 7 heteroatoms. The zero-order chi connectivity index (χ0) is 18.2. The number of non-ortho nitro benzene ring substituents is 1. The van der Waals surface area contributed by atoms with Crippen LogP contribution in [0.4, 0.5) is 5.69 Å². The Morgan fingerprint density at radius 1 is 1.12 bits per heavy atom. The average Bonchev–Trinajstić information content (AvgIpc) is 2.64. The molecule has 0 aliphatic rings. The third-order valence-electron chi connectivity index (χ3n) is 3.36. The van der Waals surface area contributed by atoms with Crippen molar-refractivity contribution in [1.82, 2.24) is 0 Å². The van der Waals surface area contributed by atoms with Crippen molar-refractivity contribution < 1.29 is 23.9 Å². The van der Waals surface area contributed by atoms with E-state index in [2.05, 4.69) is 0 Å². The Hall–Kier alpha value is -3.35. The number of carbonyl (C=O) groups excluding carboxylic acids is 1. The first-order valence-electron chi connectivity index (χ1n) is 7.34. The van der Waals surface area contributed by atoms with Crippen molar-refractivity contribution in [3.63, 3.8) is 0 Å². The highest BCUT2D eigenvalue weighted by Gasteiger charge is 2.08. The van der Waals surface area contributed by atoms with Crippen LogP contribution in [-0.4, -0.2) is 25.1 Å². The van der Waals surface area contributed by atoms with Gasteiger partial charge in [0.15, 0.2) is 11.5 Å². The van der Waals surface area contributed by atoms with Crippen LogP contribution in [0.3, 0.4) is 0 Å². The van der Waals surface area contributed by atoms with Crippen molar-refractivity contribution in [2.24, 2.45) is 0 Å². The lowest BCUT2D eigenvalue weighted by molar-refractivity contribution is -0.384. The fraction of sp³-hybridized carbons (Fsp3) is 0.167. The summed E-state index contributed by atoms with van der Waals surface area (Å²) in [4.78, 5) is 21.9. The third-order valence-corrected chi connectivity index (χ3v) is 3.36. The monoisotopic (exact) mass is 343 g/mol. The molecule has 130 valence electrons. The van der Waals surface area contributed by atoms with Gasteiger partial charge in [-0.15, -0.1) is 0 Å². The molecule has 0 atom stereocenters. The second-order valence-electron chi connectivity index (χ2n) is 4.95. The van der Waals surface area contributed by atoms with Gasteiger partial charge in [-0.1, -0.05) is 12.1 Å². The molecule has 0 saturated heterocycles. The van der Waals surface area contributed by atoms with Crippen LogP contribution in [0.2, 0.25) is 0 Å². The summed E-state index contributed by atoms with van der Waals surface area (Å²) in [6.45, 7) is 0.0242. The number of hydrogen-bond acceptors (Lipinski definition) is 6. The van der Waals surface area contributed by atoms with Gasteiger partial charge in [0, 0.05) is 23.8 Å². The van der Waals surface area contributed by atoms with E-state index >= 15 is 0 Å². The van der Waals surface area contributed by atoms with Crippen LogP contribution in [0.1, 0.15) is 11.1 Å². The topological polar surface area (TPSA) is 87.9 Å². The Morgan fingerprint density at radius 2 is 1.84 bits per heavy atom. The molecule has 0 amide bonds. The lowest BCUT2D eigenvalue weighted by Crippen LogP contribution is -2.01. The van der Waals surface area contributed by atoms with Crippen LogP contribution in [0.15, 0.2) is 48.5 Å². The predicted octanol–water partition coefficient (Wildman–Crippen LogP) is 3.37. The molecule has 0 spiro atoms. The first kappa shape index (κ1) is 18.0. The maximum atomic E-state index is 11.8. The molecule has 2 aromatic carbocycles. The molecule has 25 heavy (non-hydrogen) atoms. The summed E-state index contributed by atoms with van der Waals surface area (Å²) >= 11 is 0. The van der Waals surface area contributed by atoms with Crippen LogP contribution in [0.25, 0.3) is 6.08 Å². The lowest BCUT2D eigenvalue weighted by atomic mass is 10.1. The maximum Gasteiger partial charge on any atom is 0.331 e. The molecule has 0 saturated carbocycles. The van der Waals surface area contributed by atoms with Crippen LogP contribution in [0.5, 0.6) is 11.5 Å². The summed E-state index contributed by atoms with van der Waals surface area (Å²) in [5.41, 5.74) is 1.32. The van der Waals surface area contributed by atoms with Gasteiger partial charge in [0.1, 0.15) is 6.61 Å². The summed E-state index contributed by atoms with van der Waals surface area (Å²) in [5.74, 6) is 0.538. The van der Waals surface area contributed by atoms with Gasteiger partial charge >= 0.3 is 5.97 Å². The number of benzene rings is 2. The first-order chi connectivity index (χ1) is 12.0. The smallest absolute Gasteiger partial charge is 0.331 e. The fourth-order valence-corrected chi connectivity index (χ4v) is 2.12. The molecule has 0 N–H and O–H groups in total. The highest BCUT2D eigenvalue weighted by Crippen LogP contribution is 2.31. The minimum Gasteiger partial charge on any atom is -0.493 e. The maximum absolute atomic E-state index is 11.8. The average molecular weight is 343 g/mol. The van der Waals surface area contributed by atoms with E-state index in [9.17, 15) is 14.9 Å². The van der Waals surface area contributed by atoms with Gasteiger partial charge in [0.05, 0.1) is 19.1 Å². The second kappa shape index (κ2) is 8.49. The van der Waals surface area contributed by atoms with E-state index in [1.165, 1.54) is 32.4 Å². The van der Waals surface area contributed by atoms with Crippen LogP contribution in [0, 0.1) is 10.1 Å². The van der Waals surface area contributed by atoms with Crippen molar-refractivity contribution in [1.29, 1.82) is 0 Å². The molecule has 0 bridgehead atoms. The van der Waals surface area contributed by atoms with Gasteiger partial charge < -0.3 is 14.2 Å². The fourth-order valence-electron chi connectivity index (χ4n) is 2.12. The van der Waals surface area contributed by atoms with E-state index in [0.717, 1.165) is 0 Å². The van der Waals surface area contributed by atoms with Crippen molar-refractivity contribution in [3.8, 4) is 11.5 Å². The zero-order valence-electron chi connectivity index (χ0n) is 13.8. The second-order valence-corrected chi connectivity index (χ2v) is 4.95. The number of nitro benzene ring substituents is 1. The van der Waals surface area contributed by atoms with E-state index in [4.69, 9.17) is 14.2 Å². The Bertz CT molecular complexity index is 783. The molecular weight excluding hydrogens is 326 g/mol. The molecule has 0 aliphatic heterocycles.